The Bertz CT molecular complexity index is 630. The highest BCUT2D eigenvalue weighted by molar-refractivity contribution is 6.31. The number of hydrogen-bond donors (Lipinski definition) is 3. The standard InChI is InChI=1S/C18H26ClN3O3/c1-11-9-15(16(25-3)10-14(11)19)20-12(2)17(23)22-18(24)21-13-7-5-4-6-8-13/h9-10,12-13,20H,4-8H2,1-3H3,(H2,21,22,23,24)/t12-/m1/s1. The van der Waals surface area contributed by atoms with Gasteiger partial charge in [0.25, 0.3) is 0 Å². The maximum Gasteiger partial charge on any atom is 0.321 e. The molecule has 1 aromatic carbocycles. The molecule has 3 amide bonds. The van der Waals surface area contributed by atoms with E-state index in [0.29, 0.717) is 16.5 Å². The quantitative estimate of drug-likeness (QED) is 0.742. The zero-order chi connectivity index (χ0) is 18.4. The van der Waals surface area contributed by atoms with Crippen LogP contribution in [0.5, 0.6) is 5.75 Å². The van der Waals surface area contributed by atoms with Crippen molar-refractivity contribution in [3.05, 3.63) is 22.7 Å². The molecule has 6 nitrogen and oxygen atoms in total. The second kappa shape index (κ2) is 8.94. The number of benzene rings is 1. The molecule has 0 aliphatic heterocycles. The molecule has 2 rings (SSSR count). The van der Waals surface area contributed by atoms with Crippen molar-refractivity contribution >= 4 is 29.2 Å². The lowest BCUT2D eigenvalue weighted by Gasteiger charge is -2.23. The lowest BCUT2D eigenvalue weighted by atomic mass is 9.96. The molecule has 7 heteroatoms. The van der Waals surface area contributed by atoms with Crippen molar-refractivity contribution in [1.82, 2.24) is 10.6 Å². The van der Waals surface area contributed by atoms with Gasteiger partial charge in [-0.15, -0.1) is 0 Å². The molecule has 0 saturated heterocycles. The number of amides is 3. The normalized spacial score (nSPS) is 16.0. The molecule has 1 atom stereocenters. The summed E-state index contributed by atoms with van der Waals surface area (Å²) in [6.07, 6.45) is 5.38. The molecule has 138 valence electrons. The summed E-state index contributed by atoms with van der Waals surface area (Å²) in [6.45, 7) is 3.56. The Hall–Kier alpha value is -1.95. The van der Waals surface area contributed by atoms with Crippen LogP contribution in [-0.4, -0.2) is 31.1 Å². The molecule has 1 fully saturated rings. The fourth-order valence-electron chi connectivity index (χ4n) is 2.93. The smallest absolute Gasteiger partial charge is 0.321 e. The molecule has 1 aromatic rings. The number of methoxy groups -OCH3 is 1. The monoisotopic (exact) mass is 367 g/mol. The van der Waals surface area contributed by atoms with Crippen LogP contribution in [0.2, 0.25) is 5.02 Å². The van der Waals surface area contributed by atoms with Gasteiger partial charge < -0.3 is 15.4 Å². The average Bonchev–Trinajstić information content (AvgIpc) is 2.58. The van der Waals surface area contributed by atoms with Crippen LogP contribution in [0.3, 0.4) is 0 Å². The van der Waals surface area contributed by atoms with Gasteiger partial charge in [-0.25, -0.2) is 4.79 Å². The average molecular weight is 368 g/mol. The number of nitrogens with one attached hydrogen (secondary N) is 3. The summed E-state index contributed by atoms with van der Waals surface area (Å²) in [7, 11) is 1.54. The predicted octanol–water partition coefficient (Wildman–Crippen LogP) is 3.62. The molecule has 0 aromatic heterocycles. The Balaban J connectivity index is 1.91. The zero-order valence-corrected chi connectivity index (χ0v) is 15.7. The Labute approximate surface area is 153 Å². The van der Waals surface area contributed by atoms with E-state index >= 15 is 0 Å². The van der Waals surface area contributed by atoms with Crippen molar-refractivity contribution in [2.45, 2.75) is 58.0 Å². The van der Waals surface area contributed by atoms with Gasteiger partial charge in [-0.3, -0.25) is 10.1 Å². The fourth-order valence-corrected chi connectivity index (χ4v) is 3.09. The molecule has 3 N–H and O–H groups in total. The van der Waals surface area contributed by atoms with Crippen LogP contribution in [0.15, 0.2) is 12.1 Å². The van der Waals surface area contributed by atoms with Crippen LogP contribution in [0.25, 0.3) is 0 Å². The second-order valence-electron chi connectivity index (χ2n) is 6.47. The van der Waals surface area contributed by atoms with Crippen molar-refractivity contribution < 1.29 is 14.3 Å². The van der Waals surface area contributed by atoms with Crippen molar-refractivity contribution in [2.75, 3.05) is 12.4 Å². The van der Waals surface area contributed by atoms with Gasteiger partial charge in [-0.05, 0) is 38.3 Å². The number of aryl methyl sites for hydroxylation is 1. The largest absolute Gasteiger partial charge is 0.495 e. The van der Waals surface area contributed by atoms with Crippen LogP contribution in [0, 0.1) is 6.92 Å². The lowest BCUT2D eigenvalue weighted by molar-refractivity contribution is -0.120. The summed E-state index contributed by atoms with van der Waals surface area (Å²) in [5.41, 5.74) is 1.52. The number of carbonyl (C=O) groups excluding carboxylic acids is 2. The number of rotatable bonds is 5. The van der Waals surface area contributed by atoms with Gasteiger partial charge in [0, 0.05) is 17.1 Å². The van der Waals surface area contributed by atoms with Crippen molar-refractivity contribution in [3.8, 4) is 5.75 Å². The number of urea groups is 1. The fraction of sp³-hybridized carbons (Fsp3) is 0.556. The van der Waals surface area contributed by atoms with E-state index in [-0.39, 0.29) is 6.04 Å². The van der Waals surface area contributed by atoms with Gasteiger partial charge in [0.05, 0.1) is 12.8 Å². The Kier molecular flexibility index (Phi) is 6.93. The Morgan fingerprint density at radius 3 is 2.56 bits per heavy atom. The van der Waals surface area contributed by atoms with E-state index in [2.05, 4.69) is 16.0 Å². The van der Waals surface area contributed by atoms with E-state index in [1.165, 1.54) is 13.5 Å². The number of imide groups is 1. The summed E-state index contributed by atoms with van der Waals surface area (Å²) in [5, 5.41) is 8.91. The van der Waals surface area contributed by atoms with E-state index in [4.69, 9.17) is 16.3 Å². The van der Waals surface area contributed by atoms with Crippen molar-refractivity contribution in [3.63, 3.8) is 0 Å². The summed E-state index contributed by atoms with van der Waals surface area (Å²) in [5.74, 6) is 0.143. The molecule has 1 aliphatic carbocycles. The first-order valence-corrected chi connectivity index (χ1v) is 9.00. The number of carbonyl (C=O) groups is 2. The highest BCUT2D eigenvalue weighted by Crippen LogP contribution is 2.31. The van der Waals surface area contributed by atoms with Gasteiger partial charge in [0.15, 0.2) is 0 Å². The zero-order valence-electron chi connectivity index (χ0n) is 14.9. The highest BCUT2D eigenvalue weighted by Gasteiger charge is 2.20. The summed E-state index contributed by atoms with van der Waals surface area (Å²) < 4.78 is 5.29. The predicted molar refractivity (Wildman–Crippen MR) is 99.4 cm³/mol. The molecule has 25 heavy (non-hydrogen) atoms. The Morgan fingerprint density at radius 2 is 1.92 bits per heavy atom. The Morgan fingerprint density at radius 1 is 1.24 bits per heavy atom. The molecular formula is C18H26ClN3O3. The molecule has 1 aliphatic rings. The third-order valence-electron chi connectivity index (χ3n) is 4.42. The minimum Gasteiger partial charge on any atom is -0.495 e. The molecular weight excluding hydrogens is 342 g/mol. The van der Waals surface area contributed by atoms with Gasteiger partial charge in [0.2, 0.25) is 5.91 Å². The van der Waals surface area contributed by atoms with Crippen LogP contribution < -0.4 is 20.7 Å². The third kappa shape index (κ3) is 5.53. The first-order valence-electron chi connectivity index (χ1n) is 8.62. The maximum absolute atomic E-state index is 12.2. The summed E-state index contributed by atoms with van der Waals surface area (Å²) in [6, 6.07) is 2.62. The van der Waals surface area contributed by atoms with E-state index in [1.807, 2.05) is 13.0 Å². The van der Waals surface area contributed by atoms with E-state index in [1.54, 1.807) is 13.0 Å². The minimum absolute atomic E-state index is 0.156. The van der Waals surface area contributed by atoms with Gasteiger partial charge in [-0.1, -0.05) is 30.9 Å². The van der Waals surface area contributed by atoms with Gasteiger partial charge in [0.1, 0.15) is 11.8 Å². The van der Waals surface area contributed by atoms with Gasteiger partial charge >= 0.3 is 6.03 Å². The molecule has 0 radical (unpaired) electrons. The first-order chi connectivity index (χ1) is 11.9. The molecule has 0 unspecified atom stereocenters. The van der Waals surface area contributed by atoms with Gasteiger partial charge in [-0.2, -0.15) is 0 Å². The van der Waals surface area contributed by atoms with E-state index in [0.717, 1.165) is 31.2 Å². The molecule has 1 saturated carbocycles. The minimum atomic E-state index is -0.605. The van der Waals surface area contributed by atoms with E-state index < -0.39 is 18.0 Å². The molecule has 0 heterocycles. The highest BCUT2D eigenvalue weighted by atomic mass is 35.5. The second-order valence-corrected chi connectivity index (χ2v) is 6.87. The first kappa shape index (κ1) is 19.4. The van der Waals surface area contributed by atoms with Crippen LogP contribution in [0.1, 0.15) is 44.6 Å². The van der Waals surface area contributed by atoms with Crippen LogP contribution in [0.4, 0.5) is 10.5 Å². The number of halogens is 1. The van der Waals surface area contributed by atoms with Crippen molar-refractivity contribution in [1.29, 1.82) is 0 Å². The number of hydrogen-bond acceptors (Lipinski definition) is 4. The molecule has 0 bridgehead atoms. The third-order valence-corrected chi connectivity index (χ3v) is 4.83. The maximum atomic E-state index is 12.2. The summed E-state index contributed by atoms with van der Waals surface area (Å²) in [4.78, 5) is 24.2. The SMILES string of the molecule is COc1cc(Cl)c(C)cc1N[C@H](C)C(=O)NC(=O)NC1CCCCC1. The number of ether oxygens (including phenoxy) is 1. The topological polar surface area (TPSA) is 79.5 Å². The van der Waals surface area contributed by atoms with E-state index in [9.17, 15) is 9.59 Å². The van der Waals surface area contributed by atoms with Crippen molar-refractivity contribution in [2.24, 2.45) is 0 Å². The van der Waals surface area contributed by atoms with Crippen LogP contribution in [-0.2, 0) is 4.79 Å². The summed E-state index contributed by atoms with van der Waals surface area (Å²) >= 11 is 6.09. The van der Waals surface area contributed by atoms with Crippen LogP contribution >= 0.6 is 11.6 Å². The number of anilines is 1. The lowest BCUT2D eigenvalue weighted by Crippen LogP contribution is -2.49. The molecule has 0 spiro atoms.